The highest BCUT2D eigenvalue weighted by molar-refractivity contribution is 7.99. The molecular formula is C15H22ClNS. The van der Waals surface area contributed by atoms with Crippen LogP contribution < -0.4 is 5.32 Å². The zero-order valence-electron chi connectivity index (χ0n) is 11.0. The minimum atomic E-state index is 0.597. The first-order valence-corrected chi connectivity index (χ1v) is 8.30. The number of likely N-dealkylation sites (N-methyl/N-ethyl adjacent to an activating group) is 1. The summed E-state index contributed by atoms with van der Waals surface area (Å²) in [5.41, 5.74) is 1.38. The number of nitrogens with one attached hydrogen (secondary N) is 1. The van der Waals surface area contributed by atoms with Gasteiger partial charge in [-0.2, -0.15) is 11.8 Å². The maximum absolute atomic E-state index is 5.92. The Kier molecular flexibility index (Phi) is 5.87. The van der Waals surface area contributed by atoms with E-state index >= 15 is 0 Å². The second-order valence-electron chi connectivity index (χ2n) is 5.11. The summed E-state index contributed by atoms with van der Waals surface area (Å²) in [5.74, 6) is 3.61. The highest BCUT2D eigenvalue weighted by Gasteiger charge is 2.18. The molecule has 0 aliphatic carbocycles. The average Bonchev–Trinajstić information content (AvgIpc) is 2.41. The number of halogens is 1. The number of benzene rings is 1. The summed E-state index contributed by atoms with van der Waals surface area (Å²) in [4.78, 5) is 0. The Morgan fingerprint density at radius 2 is 1.94 bits per heavy atom. The van der Waals surface area contributed by atoms with Gasteiger partial charge in [-0.15, -0.1) is 0 Å². The Labute approximate surface area is 120 Å². The van der Waals surface area contributed by atoms with Crippen molar-refractivity contribution in [2.45, 2.75) is 31.7 Å². The SMILES string of the molecule is CNC(Cc1ccc(Cl)cc1)CC1CCSCC1. The molecule has 3 heteroatoms. The van der Waals surface area contributed by atoms with Crippen LogP contribution in [0.1, 0.15) is 24.8 Å². The van der Waals surface area contributed by atoms with Gasteiger partial charge in [-0.05, 0) is 67.9 Å². The molecule has 0 aromatic heterocycles. The van der Waals surface area contributed by atoms with E-state index in [0.29, 0.717) is 6.04 Å². The van der Waals surface area contributed by atoms with Crippen LogP contribution in [-0.2, 0) is 6.42 Å². The van der Waals surface area contributed by atoms with Crippen molar-refractivity contribution in [2.75, 3.05) is 18.6 Å². The molecule has 1 N–H and O–H groups in total. The first kappa shape index (κ1) is 14.2. The van der Waals surface area contributed by atoms with Crippen LogP contribution >= 0.6 is 23.4 Å². The van der Waals surface area contributed by atoms with Gasteiger partial charge in [0.1, 0.15) is 0 Å². The van der Waals surface area contributed by atoms with E-state index in [4.69, 9.17) is 11.6 Å². The molecule has 1 aliphatic heterocycles. The van der Waals surface area contributed by atoms with Gasteiger partial charge in [-0.3, -0.25) is 0 Å². The van der Waals surface area contributed by atoms with Crippen LogP contribution in [0.2, 0.25) is 5.02 Å². The molecule has 0 bridgehead atoms. The monoisotopic (exact) mass is 283 g/mol. The fourth-order valence-electron chi connectivity index (χ4n) is 2.59. The normalized spacial score (nSPS) is 18.8. The predicted molar refractivity (Wildman–Crippen MR) is 82.7 cm³/mol. The molecule has 2 rings (SSSR count). The molecule has 1 nitrogen and oxygen atoms in total. The minimum absolute atomic E-state index is 0.597. The maximum Gasteiger partial charge on any atom is 0.0406 e. The molecule has 1 aliphatic rings. The Morgan fingerprint density at radius 1 is 1.28 bits per heavy atom. The van der Waals surface area contributed by atoms with Gasteiger partial charge in [-0.1, -0.05) is 23.7 Å². The third-order valence-electron chi connectivity index (χ3n) is 3.76. The van der Waals surface area contributed by atoms with E-state index in [2.05, 4.69) is 36.3 Å². The lowest BCUT2D eigenvalue weighted by Gasteiger charge is -2.26. The third kappa shape index (κ3) is 4.49. The fraction of sp³-hybridized carbons (Fsp3) is 0.600. The van der Waals surface area contributed by atoms with Crippen LogP contribution in [0.25, 0.3) is 0 Å². The van der Waals surface area contributed by atoms with Crippen molar-refractivity contribution in [3.63, 3.8) is 0 Å². The van der Waals surface area contributed by atoms with E-state index in [0.717, 1.165) is 17.4 Å². The predicted octanol–water partition coefficient (Wildman–Crippen LogP) is 4.00. The van der Waals surface area contributed by atoms with E-state index in [-0.39, 0.29) is 0 Å². The lowest BCUT2D eigenvalue weighted by Crippen LogP contribution is -2.31. The zero-order chi connectivity index (χ0) is 12.8. The number of hydrogen-bond donors (Lipinski definition) is 1. The molecule has 0 radical (unpaired) electrons. The van der Waals surface area contributed by atoms with Crippen molar-refractivity contribution >= 4 is 23.4 Å². The van der Waals surface area contributed by atoms with E-state index in [1.54, 1.807) is 0 Å². The first-order valence-electron chi connectivity index (χ1n) is 6.77. The Balaban J connectivity index is 1.86. The van der Waals surface area contributed by atoms with Crippen LogP contribution in [0.15, 0.2) is 24.3 Å². The van der Waals surface area contributed by atoms with Gasteiger partial charge in [0.05, 0.1) is 0 Å². The summed E-state index contributed by atoms with van der Waals surface area (Å²) >= 11 is 8.02. The molecule has 18 heavy (non-hydrogen) atoms. The Bertz CT molecular complexity index is 346. The van der Waals surface area contributed by atoms with Gasteiger partial charge in [0.25, 0.3) is 0 Å². The van der Waals surface area contributed by atoms with Crippen LogP contribution in [0.5, 0.6) is 0 Å². The molecule has 1 aromatic rings. The topological polar surface area (TPSA) is 12.0 Å². The molecule has 1 heterocycles. The van der Waals surface area contributed by atoms with Crippen molar-refractivity contribution in [1.82, 2.24) is 5.32 Å². The van der Waals surface area contributed by atoms with Crippen molar-refractivity contribution in [3.8, 4) is 0 Å². The van der Waals surface area contributed by atoms with E-state index in [1.165, 1.54) is 36.3 Å². The van der Waals surface area contributed by atoms with Crippen LogP contribution in [0, 0.1) is 5.92 Å². The van der Waals surface area contributed by atoms with Crippen molar-refractivity contribution in [3.05, 3.63) is 34.9 Å². The summed E-state index contributed by atoms with van der Waals surface area (Å²) in [6, 6.07) is 8.85. The molecule has 100 valence electrons. The van der Waals surface area contributed by atoms with Gasteiger partial charge in [0, 0.05) is 11.1 Å². The highest BCUT2D eigenvalue weighted by Crippen LogP contribution is 2.27. The molecule has 1 unspecified atom stereocenters. The largest absolute Gasteiger partial charge is 0.317 e. The van der Waals surface area contributed by atoms with Crippen LogP contribution in [-0.4, -0.2) is 24.6 Å². The van der Waals surface area contributed by atoms with Gasteiger partial charge in [0.2, 0.25) is 0 Å². The quantitative estimate of drug-likeness (QED) is 0.876. The van der Waals surface area contributed by atoms with Crippen LogP contribution in [0.4, 0.5) is 0 Å². The molecule has 0 amide bonds. The van der Waals surface area contributed by atoms with Crippen LogP contribution in [0.3, 0.4) is 0 Å². The van der Waals surface area contributed by atoms with E-state index in [1.807, 2.05) is 12.1 Å². The summed E-state index contributed by atoms with van der Waals surface area (Å²) in [5, 5.41) is 4.30. The molecule has 1 aromatic carbocycles. The Morgan fingerprint density at radius 3 is 2.56 bits per heavy atom. The Hall–Kier alpha value is -0.180. The maximum atomic E-state index is 5.92. The molecule has 1 atom stereocenters. The second kappa shape index (κ2) is 7.42. The fourth-order valence-corrected chi connectivity index (χ4v) is 3.92. The van der Waals surface area contributed by atoms with Crippen molar-refractivity contribution in [1.29, 1.82) is 0 Å². The van der Waals surface area contributed by atoms with Crippen molar-refractivity contribution in [2.24, 2.45) is 5.92 Å². The average molecular weight is 284 g/mol. The van der Waals surface area contributed by atoms with E-state index < -0.39 is 0 Å². The molecular weight excluding hydrogens is 262 g/mol. The standard InChI is InChI=1S/C15H22ClNS/c1-17-15(11-13-6-8-18-9-7-13)10-12-2-4-14(16)5-3-12/h2-5,13,15,17H,6-11H2,1H3. The zero-order valence-corrected chi connectivity index (χ0v) is 12.6. The third-order valence-corrected chi connectivity index (χ3v) is 5.06. The lowest BCUT2D eigenvalue weighted by atomic mass is 9.91. The smallest absolute Gasteiger partial charge is 0.0406 e. The summed E-state index contributed by atoms with van der Waals surface area (Å²) < 4.78 is 0. The van der Waals surface area contributed by atoms with Gasteiger partial charge >= 0.3 is 0 Å². The lowest BCUT2D eigenvalue weighted by molar-refractivity contribution is 0.376. The molecule has 1 saturated heterocycles. The van der Waals surface area contributed by atoms with Gasteiger partial charge in [-0.25, -0.2) is 0 Å². The minimum Gasteiger partial charge on any atom is -0.317 e. The summed E-state index contributed by atoms with van der Waals surface area (Å²) in [6.07, 6.45) is 5.20. The molecule has 0 saturated carbocycles. The van der Waals surface area contributed by atoms with Gasteiger partial charge < -0.3 is 5.32 Å². The number of rotatable bonds is 5. The van der Waals surface area contributed by atoms with Crippen molar-refractivity contribution < 1.29 is 0 Å². The second-order valence-corrected chi connectivity index (χ2v) is 6.77. The first-order chi connectivity index (χ1) is 8.78. The number of thioether (sulfide) groups is 1. The van der Waals surface area contributed by atoms with E-state index in [9.17, 15) is 0 Å². The molecule has 0 spiro atoms. The molecule has 1 fully saturated rings. The highest BCUT2D eigenvalue weighted by atomic mass is 35.5. The number of hydrogen-bond acceptors (Lipinski definition) is 2. The van der Waals surface area contributed by atoms with Gasteiger partial charge in [0.15, 0.2) is 0 Å². The summed E-state index contributed by atoms with van der Waals surface area (Å²) in [7, 11) is 2.08. The summed E-state index contributed by atoms with van der Waals surface area (Å²) in [6.45, 7) is 0.